The first kappa shape index (κ1) is 61.8. The average molecular weight is 1120 g/mol. The van der Waals surface area contributed by atoms with Gasteiger partial charge in [0, 0.05) is 25.5 Å². The highest BCUT2D eigenvalue weighted by Crippen LogP contribution is 2.40. The highest BCUT2D eigenvalue weighted by molar-refractivity contribution is 5.98. The molecule has 5 saturated heterocycles. The van der Waals surface area contributed by atoms with Crippen molar-refractivity contribution in [2.24, 2.45) is 0 Å². The van der Waals surface area contributed by atoms with Crippen LogP contribution in [0.25, 0.3) is 10.8 Å². The highest BCUT2D eigenvalue weighted by atomic mass is 16.8. The molecule has 5 fully saturated rings. The van der Waals surface area contributed by atoms with Gasteiger partial charge in [0.05, 0.1) is 44.7 Å². The van der Waals surface area contributed by atoms with Gasteiger partial charge >= 0.3 is 0 Å². The van der Waals surface area contributed by atoms with E-state index in [1.807, 2.05) is 0 Å². The van der Waals surface area contributed by atoms with E-state index < -0.39 is 210 Å². The fourth-order valence-corrected chi connectivity index (χ4v) is 10.1. The number of carbonyl (C=O) groups excluding carboxylic acids is 3. The Bertz CT molecular complexity index is 2310. The molecule has 2 aromatic carbocycles. The third kappa shape index (κ3) is 12.9. The summed E-state index contributed by atoms with van der Waals surface area (Å²) < 4.78 is 59.3. The van der Waals surface area contributed by atoms with Crippen molar-refractivity contribution in [1.82, 2.24) is 10.6 Å². The number of carbonyl (C=O) groups is 3. The van der Waals surface area contributed by atoms with Gasteiger partial charge in [-0.2, -0.15) is 0 Å². The van der Waals surface area contributed by atoms with E-state index >= 15 is 0 Å². The topological polar surface area (TPSA) is 474 Å². The van der Waals surface area contributed by atoms with Crippen LogP contribution < -0.4 is 15.7 Å². The van der Waals surface area contributed by atoms with Crippen molar-refractivity contribution in [1.29, 1.82) is 0 Å². The van der Waals surface area contributed by atoms with Crippen LogP contribution in [0.5, 0.6) is 0 Å². The van der Waals surface area contributed by atoms with Crippen LogP contribution in [0.15, 0.2) is 42.5 Å². The minimum atomic E-state index is -3.33. The number of nitrogens with one attached hydrogen (secondary N) is 2. The lowest BCUT2D eigenvalue weighted by molar-refractivity contribution is -0.414. The fourth-order valence-electron chi connectivity index (χ4n) is 10.1. The summed E-state index contributed by atoms with van der Waals surface area (Å²) in [4.78, 5) is 39.9. The number of rotatable bonds is 20. The molecule has 7 rings (SSSR count). The van der Waals surface area contributed by atoms with Gasteiger partial charge in [-0.05, 0) is 36.8 Å². The standard InChI is InChI=1S/C48H70N2O28/c1-4-69-44-35(64)40(31(60)24(14-52)71-44)76-43-28(50-42(66)21-10-9-19-7-5-6-8-20(19)11-21)39(75-45-34(63)33(62)29(58)17(2)70-45)37(26(16-54)73-43)74-46-36(65)41(32(61)25(15-53)72-46)78-48(47(67)68)12-22(56)27(49-18(3)55)38(77-48)30(59)23(57)13-51/h5-11,17,22-41,43-46,51-54,56-65H,4,12-16H2,1-3H3,(H,49,55)(H,50,66)(H,67,68)/p-1/t17-,22+,23+,24-,25-,26-,27+,28-,29+,30+,31-,32-,33-,34-,35-,36-,37+,38+,39+,40-,41-,43-,44+,45-,46-,48-/m0/s1. The van der Waals surface area contributed by atoms with E-state index in [9.17, 15) is 91.0 Å². The van der Waals surface area contributed by atoms with Gasteiger partial charge in [-0.3, -0.25) is 9.59 Å². The van der Waals surface area contributed by atoms with Crippen LogP contribution in [-0.2, 0) is 57.0 Å². The van der Waals surface area contributed by atoms with Gasteiger partial charge < -0.3 is 139 Å². The van der Waals surface area contributed by atoms with Gasteiger partial charge in [0.1, 0.15) is 116 Å². The SMILES string of the molecule is CCO[C@@H]1O[C@@H](CO)[C@H](O)[C@H](O[C@@H]2O[C@@H](CO)[C@@H](O[C@@H]3O[C@@H](CO)[C@H](O)[C@H](O[C@]4(C(=O)[O-])C[C@@H](O)[C@@H](NC(C)=O)[C@H]([C@H](O)[C@H](O)CO)O4)[C@@H]3O)[C@H](O[C@@H]3O[C@@H](C)[C@@H](O)[C@H](O)[C@@H]3O)[C@@H]2NC(=O)c2ccc3ccccc3c2)[C@@H]1O. The van der Waals surface area contributed by atoms with E-state index in [0.29, 0.717) is 5.39 Å². The van der Waals surface area contributed by atoms with Crippen LogP contribution in [0.2, 0.25) is 0 Å². The Kier molecular flexibility index (Phi) is 20.9. The second kappa shape index (κ2) is 26.4. The maximum Gasteiger partial charge on any atom is 0.251 e. The van der Waals surface area contributed by atoms with E-state index in [4.69, 9.17) is 47.4 Å². The van der Waals surface area contributed by atoms with Crippen LogP contribution in [0.3, 0.4) is 0 Å². The first-order chi connectivity index (χ1) is 37.0. The number of fused-ring (bicyclic) bond motifs is 1. The molecule has 30 nitrogen and oxygen atoms in total. The van der Waals surface area contributed by atoms with E-state index in [2.05, 4.69) is 10.6 Å². The Morgan fingerprint density at radius 3 is 1.86 bits per heavy atom. The van der Waals surface area contributed by atoms with Crippen molar-refractivity contribution in [2.45, 2.75) is 186 Å². The maximum atomic E-state index is 14.6. The van der Waals surface area contributed by atoms with Crippen molar-refractivity contribution < 1.29 is 138 Å². The van der Waals surface area contributed by atoms with Crippen molar-refractivity contribution in [2.75, 3.05) is 33.0 Å². The van der Waals surface area contributed by atoms with Gasteiger partial charge in [0.15, 0.2) is 25.2 Å². The number of benzene rings is 2. The molecular weight excluding hydrogens is 1050 g/mol. The van der Waals surface area contributed by atoms with Crippen molar-refractivity contribution in [3.63, 3.8) is 0 Å². The molecule has 0 radical (unpaired) electrons. The lowest BCUT2D eigenvalue weighted by Crippen LogP contribution is -2.73. The van der Waals surface area contributed by atoms with Crippen LogP contribution in [0.1, 0.15) is 37.6 Å². The molecule has 0 saturated carbocycles. The van der Waals surface area contributed by atoms with Gasteiger partial charge in [-0.1, -0.05) is 30.3 Å². The van der Waals surface area contributed by atoms with Crippen LogP contribution >= 0.6 is 0 Å². The number of aliphatic carboxylic acids is 1. The van der Waals surface area contributed by atoms with E-state index in [0.717, 1.165) is 12.3 Å². The minimum absolute atomic E-state index is 0.0105. The predicted molar refractivity (Wildman–Crippen MR) is 250 cm³/mol. The summed E-state index contributed by atoms with van der Waals surface area (Å²) in [6.45, 7) is -0.463. The molecule has 0 aromatic heterocycles. The van der Waals surface area contributed by atoms with Gasteiger partial charge in [-0.25, -0.2) is 0 Å². The molecule has 2 aromatic rings. The molecule has 0 spiro atoms. The van der Waals surface area contributed by atoms with E-state index in [1.54, 1.807) is 37.3 Å². The third-order valence-corrected chi connectivity index (χ3v) is 14.3. The Morgan fingerprint density at radius 1 is 0.667 bits per heavy atom. The second-order valence-electron chi connectivity index (χ2n) is 19.6. The Labute approximate surface area is 444 Å². The third-order valence-electron chi connectivity index (χ3n) is 14.3. The molecule has 26 atom stereocenters. The predicted octanol–water partition coefficient (Wildman–Crippen LogP) is -9.25. The summed E-state index contributed by atoms with van der Waals surface area (Å²) in [5.41, 5.74) is -0.0105. The van der Waals surface area contributed by atoms with E-state index in [-0.39, 0.29) is 12.2 Å². The quantitative estimate of drug-likeness (QED) is 0.0585. The molecule has 16 N–H and O–H groups in total. The monoisotopic (exact) mass is 1120 g/mol. The summed E-state index contributed by atoms with van der Waals surface area (Å²) in [5.74, 6) is -7.39. The molecule has 0 bridgehead atoms. The molecule has 2 amide bonds. The molecule has 30 heteroatoms. The lowest BCUT2D eigenvalue weighted by atomic mass is 9.88. The molecule has 78 heavy (non-hydrogen) atoms. The number of hydrogen-bond donors (Lipinski definition) is 16. The maximum absolute atomic E-state index is 14.6. The van der Waals surface area contributed by atoms with Crippen molar-refractivity contribution in [3.8, 4) is 0 Å². The largest absolute Gasteiger partial charge is 0.544 e. The average Bonchev–Trinajstić information content (AvgIpc) is 3.43. The molecule has 0 unspecified atom stereocenters. The smallest absolute Gasteiger partial charge is 0.251 e. The summed E-state index contributed by atoms with van der Waals surface area (Å²) in [7, 11) is 0. The van der Waals surface area contributed by atoms with Gasteiger partial charge in [0.2, 0.25) is 11.7 Å². The highest BCUT2D eigenvalue weighted by Gasteiger charge is 2.60. The number of aliphatic hydroxyl groups excluding tert-OH is 14. The Hall–Kier alpha value is -3.85. The number of ether oxygens (including phenoxy) is 10. The fraction of sp³-hybridized carbons (Fsp3) is 0.729. The zero-order valence-corrected chi connectivity index (χ0v) is 42.2. The lowest BCUT2D eigenvalue weighted by Gasteiger charge is -2.53. The number of amides is 2. The first-order valence-electron chi connectivity index (χ1n) is 25.1. The zero-order valence-electron chi connectivity index (χ0n) is 42.2. The van der Waals surface area contributed by atoms with Gasteiger partial charge in [0.25, 0.3) is 5.91 Å². The summed E-state index contributed by atoms with van der Waals surface area (Å²) in [6, 6.07) is 7.92. The zero-order chi connectivity index (χ0) is 57.1. The number of carboxylic acids is 1. The molecule has 5 aliphatic rings. The van der Waals surface area contributed by atoms with Crippen LogP contribution in [0, 0.1) is 0 Å². The van der Waals surface area contributed by atoms with Crippen LogP contribution in [0.4, 0.5) is 0 Å². The van der Waals surface area contributed by atoms with E-state index in [1.165, 1.54) is 19.1 Å². The molecular formula is C48H69N2O28-. The summed E-state index contributed by atoms with van der Waals surface area (Å²) in [6.07, 6.45) is -46.6. The first-order valence-corrected chi connectivity index (χ1v) is 25.1. The van der Waals surface area contributed by atoms with Crippen molar-refractivity contribution >= 4 is 28.6 Å². The van der Waals surface area contributed by atoms with Crippen molar-refractivity contribution in [3.05, 3.63) is 48.0 Å². The second-order valence-corrected chi connectivity index (χ2v) is 19.6. The molecule has 0 aliphatic carbocycles. The van der Waals surface area contributed by atoms with Crippen LogP contribution in [-0.4, -0.2) is 281 Å². The number of hydrogen-bond acceptors (Lipinski definition) is 28. The van der Waals surface area contributed by atoms with Gasteiger partial charge in [-0.15, -0.1) is 0 Å². The summed E-state index contributed by atoms with van der Waals surface area (Å²) >= 11 is 0. The Balaban J connectivity index is 1.31. The molecule has 440 valence electrons. The molecule has 5 heterocycles. The minimum Gasteiger partial charge on any atom is -0.544 e. The summed E-state index contributed by atoms with van der Waals surface area (Å²) in [5, 5.41) is 173. The number of carboxylic acid groups (broad SMARTS) is 1. The molecule has 5 aliphatic heterocycles. The number of aliphatic hydroxyl groups is 14. The normalized spacial score (nSPS) is 42.1. The Morgan fingerprint density at radius 2 is 1.24 bits per heavy atom.